The molecule has 4 amide bonds. The summed E-state index contributed by atoms with van der Waals surface area (Å²) in [4.78, 5) is 64.8. The van der Waals surface area contributed by atoms with E-state index in [1.54, 1.807) is 42.5 Å². The first kappa shape index (κ1) is 25.6. The van der Waals surface area contributed by atoms with Gasteiger partial charge in [-0.15, -0.1) is 0 Å². The van der Waals surface area contributed by atoms with E-state index in [1.807, 2.05) is 6.07 Å². The Morgan fingerprint density at radius 1 is 1.08 bits per heavy atom. The van der Waals surface area contributed by atoms with Gasteiger partial charge in [-0.1, -0.05) is 43.0 Å². The molecular weight excluding hydrogens is 476 g/mol. The van der Waals surface area contributed by atoms with Crippen molar-refractivity contribution in [3.63, 3.8) is 0 Å². The molecule has 0 spiro atoms. The lowest BCUT2D eigenvalue weighted by atomic mass is 10.0. The van der Waals surface area contributed by atoms with Gasteiger partial charge in [-0.2, -0.15) is 0 Å². The second kappa shape index (κ2) is 11.1. The van der Waals surface area contributed by atoms with Crippen LogP contribution in [-0.2, 0) is 32.3 Å². The minimum atomic E-state index is -1.14. The van der Waals surface area contributed by atoms with Crippen molar-refractivity contribution in [3.8, 4) is 0 Å². The summed E-state index contributed by atoms with van der Waals surface area (Å²) in [7, 11) is 0. The van der Waals surface area contributed by atoms with Crippen molar-refractivity contribution in [3.05, 3.63) is 77.5 Å². The number of nitrogens with zero attached hydrogens (tertiary/aromatic N) is 2. The predicted octanol–water partition coefficient (Wildman–Crippen LogP) is 2.27. The molecule has 0 aromatic heterocycles. The fourth-order valence-electron chi connectivity index (χ4n) is 4.57. The number of amides is 4. The topological polar surface area (TPSA) is 136 Å². The predicted molar refractivity (Wildman–Crippen MR) is 134 cm³/mol. The van der Waals surface area contributed by atoms with E-state index in [-0.39, 0.29) is 37.7 Å². The number of carboxylic acids is 1. The number of hydrogen-bond acceptors (Lipinski definition) is 5. The van der Waals surface area contributed by atoms with Gasteiger partial charge in [0.25, 0.3) is 5.91 Å². The zero-order chi connectivity index (χ0) is 26.5. The summed E-state index contributed by atoms with van der Waals surface area (Å²) in [5.41, 5.74) is 2.88. The molecule has 10 heteroatoms. The summed E-state index contributed by atoms with van der Waals surface area (Å²) in [5.74, 6) is -2.58. The highest BCUT2D eigenvalue weighted by molar-refractivity contribution is 6.04. The lowest BCUT2D eigenvalue weighted by Crippen LogP contribution is -2.49. The average molecular weight is 505 g/mol. The standard InChI is InChI=1S/C27H28N4O6/c1-17-10-11-22(26(36)28-17)31-15-20-19(27(31)37)8-5-9-21(20)29-23(32)12-13-24(33)30(16-25(34)35)14-18-6-3-2-4-7-18/h2-9,22H,1,10-16H2,(H,28,36)(H,29,32)(H,34,35). The lowest BCUT2D eigenvalue weighted by Gasteiger charge is -2.31. The summed E-state index contributed by atoms with van der Waals surface area (Å²) in [5, 5.41) is 14.7. The molecule has 192 valence electrons. The Hall–Kier alpha value is -4.47. The fourth-order valence-corrected chi connectivity index (χ4v) is 4.57. The third-order valence-electron chi connectivity index (χ3n) is 6.43. The zero-order valence-electron chi connectivity index (χ0n) is 20.2. The number of benzene rings is 2. The normalized spacial score (nSPS) is 16.7. The second-order valence-corrected chi connectivity index (χ2v) is 9.09. The number of aliphatic carboxylic acids is 1. The van der Waals surface area contributed by atoms with Crippen LogP contribution < -0.4 is 10.6 Å². The van der Waals surface area contributed by atoms with Crippen LogP contribution in [0.25, 0.3) is 0 Å². The molecule has 2 aromatic carbocycles. The number of nitrogens with one attached hydrogen (secondary N) is 2. The zero-order valence-corrected chi connectivity index (χ0v) is 20.2. The van der Waals surface area contributed by atoms with Crippen LogP contribution in [0.4, 0.5) is 5.69 Å². The molecule has 1 saturated heterocycles. The molecule has 37 heavy (non-hydrogen) atoms. The summed E-state index contributed by atoms with van der Waals surface area (Å²) < 4.78 is 0. The smallest absolute Gasteiger partial charge is 0.323 e. The molecule has 0 bridgehead atoms. The maximum atomic E-state index is 13.0. The van der Waals surface area contributed by atoms with Crippen molar-refractivity contribution in [1.29, 1.82) is 0 Å². The van der Waals surface area contributed by atoms with Crippen LogP contribution >= 0.6 is 0 Å². The number of allylic oxidation sites excluding steroid dienone is 1. The van der Waals surface area contributed by atoms with E-state index in [0.29, 0.717) is 35.4 Å². The Morgan fingerprint density at radius 2 is 1.84 bits per heavy atom. The Balaban J connectivity index is 1.38. The molecule has 2 aromatic rings. The minimum Gasteiger partial charge on any atom is -0.480 e. The van der Waals surface area contributed by atoms with E-state index >= 15 is 0 Å². The third kappa shape index (κ3) is 6.03. The van der Waals surface area contributed by atoms with Crippen molar-refractivity contribution in [2.24, 2.45) is 0 Å². The van der Waals surface area contributed by atoms with Gasteiger partial charge in [0, 0.05) is 48.4 Å². The van der Waals surface area contributed by atoms with Crippen molar-refractivity contribution in [2.45, 2.75) is 44.8 Å². The Labute approximate surface area is 213 Å². The highest BCUT2D eigenvalue weighted by Gasteiger charge is 2.39. The van der Waals surface area contributed by atoms with Gasteiger partial charge < -0.3 is 25.5 Å². The van der Waals surface area contributed by atoms with Gasteiger partial charge in [0.05, 0.1) is 0 Å². The largest absolute Gasteiger partial charge is 0.480 e. The number of hydrogen-bond donors (Lipinski definition) is 3. The van der Waals surface area contributed by atoms with E-state index in [0.717, 1.165) is 5.56 Å². The van der Waals surface area contributed by atoms with Crippen LogP contribution in [-0.4, -0.2) is 57.1 Å². The number of carbonyl (C=O) groups is 5. The monoisotopic (exact) mass is 504 g/mol. The fraction of sp³-hybridized carbons (Fsp3) is 0.296. The lowest BCUT2D eigenvalue weighted by molar-refractivity contribution is -0.145. The summed E-state index contributed by atoms with van der Waals surface area (Å²) in [6.07, 6.45) is 0.734. The summed E-state index contributed by atoms with van der Waals surface area (Å²) in [6.45, 7) is 3.60. The molecule has 10 nitrogen and oxygen atoms in total. The van der Waals surface area contributed by atoms with Gasteiger partial charge in [-0.3, -0.25) is 24.0 Å². The van der Waals surface area contributed by atoms with E-state index < -0.39 is 30.4 Å². The highest BCUT2D eigenvalue weighted by Crippen LogP contribution is 2.32. The molecule has 4 rings (SSSR count). The summed E-state index contributed by atoms with van der Waals surface area (Å²) >= 11 is 0. The molecule has 1 fully saturated rings. The van der Waals surface area contributed by atoms with E-state index in [1.165, 1.54) is 9.80 Å². The van der Waals surface area contributed by atoms with Crippen molar-refractivity contribution >= 4 is 35.3 Å². The quantitative estimate of drug-likeness (QED) is 0.479. The van der Waals surface area contributed by atoms with Gasteiger partial charge in [0.15, 0.2) is 0 Å². The van der Waals surface area contributed by atoms with Crippen LogP contribution in [0.1, 0.15) is 47.2 Å². The molecule has 0 aliphatic carbocycles. The maximum Gasteiger partial charge on any atom is 0.323 e. The van der Waals surface area contributed by atoms with Gasteiger partial charge in [-0.25, -0.2) is 0 Å². The molecule has 3 N–H and O–H groups in total. The van der Waals surface area contributed by atoms with Crippen LogP contribution in [0, 0.1) is 0 Å². The molecule has 1 unspecified atom stereocenters. The van der Waals surface area contributed by atoms with E-state index in [4.69, 9.17) is 0 Å². The van der Waals surface area contributed by atoms with Gasteiger partial charge in [0.2, 0.25) is 17.7 Å². The van der Waals surface area contributed by atoms with Crippen molar-refractivity contribution in [1.82, 2.24) is 15.1 Å². The highest BCUT2D eigenvalue weighted by atomic mass is 16.4. The number of rotatable bonds is 9. The Bertz CT molecular complexity index is 1260. The maximum absolute atomic E-state index is 13.0. The Morgan fingerprint density at radius 3 is 2.54 bits per heavy atom. The first-order chi connectivity index (χ1) is 17.7. The average Bonchev–Trinajstić information content (AvgIpc) is 3.19. The number of fused-ring (bicyclic) bond motifs is 1. The van der Waals surface area contributed by atoms with Crippen LogP contribution in [0.5, 0.6) is 0 Å². The van der Waals surface area contributed by atoms with Crippen LogP contribution in [0.3, 0.4) is 0 Å². The number of piperidine rings is 1. The van der Waals surface area contributed by atoms with Crippen LogP contribution in [0.2, 0.25) is 0 Å². The van der Waals surface area contributed by atoms with Crippen molar-refractivity contribution in [2.75, 3.05) is 11.9 Å². The van der Waals surface area contributed by atoms with E-state index in [9.17, 15) is 29.1 Å². The second-order valence-electron chi connectivity index (χ2n) is 9.09. The molecule has 2 aliphatic heterocycles. The van der Waals surface area contributed by atoms with Gasteiger partial charge in [-0.05, 0) is 30.5 Å². The molecule has 2 aliphatic rings. The number of anilines is 1. The summed E-state index contributed by atoms with van der Waals surface area (Å²) in [6, 6.07) is 13.4. The first-order valence-corrected chi connectivity index (χ1v) is 12.0. The number of carboxylic acid groups (broad SMARTS) is 1. The molecular formula is C27H28N4O6. The molecule has 2 heterocycles. The van der Waals surface area contributed by atoms with Gasteiger partial charge in [0.1, 0.15) is 12.6 Å². The SMILES string of the molecule is C=C1CCC(N2Cc3c(NC(=O)CCC(=O)N(CC(=O)O)Cc4ccccc4)cccc3C2=O)C(=O)N1. The van der Waals surface area contributed by atoms with Crippen LogP contribution in [0.15, 0.2) is 60.8 Å². The third-order valence-corrected chi connectivity index (χ3v) is 6.43. The van der Waals surface area contributed by atoms with E-state index in [2.05, 4.69) is 17.2 Å². The Kier molecular flexibility index (Phi) is 7.66. The van der Waals surface area contributed by atoms with Gasteiger partial charge >= 0.3 is 5.97 Å². The first-order valence-electron chi connectivity index (χ1n) is 12.0. The molecule has 0 saturated carbocycles. The minimum absolute atomic E-state index is 0.125. The van der Waals surface area contributed by atoms with Crippen molar-refractivity contribution < 1.29 is 29.1 Å². The molecule has 0 radical (unpaired) electrons. The number of carbonyl (C=O) groups excluding carboxylic acids is 4. The molecule has 1 atom stereocenters.